The molecule has 74 valence electrons. The van der Waals surface area contributed by atoms with E-state index < -0.39 is 0 Å². The van der Waals surface area contributed by atoms with E-state index in [9.17, 15) is 0 Å². The SMILES string of the molecule is CC(O)CNN(CCO)C(C)C. The molecule has 1 unspecified atom stereocenters. The number of aliphatic hydroxyl groups excluding tert-OH is 2. The smallest absolute Gasteiger partial charge is 0.0650 e. The van der Waals surface area contributed by atoms with Crippen LogP contribution in [0.25, 0.3) is 0 Å². The van der Waals surface area contributed by atoms with Gasteiger partial charge in [0.15, 0.2) is 0 Å². The first-order chi connectivity index (χ1) is 5.57. The van der Waals surface area contributed by atoms with Crippen molar-refractivity contribution in [3.05, 3.63) is 0 Å². The van der Waals surface area contributed by atoms with Crippen LogP contribution in [0.3, 0.4) is 0 Å². The summed E-state index contributed by atoms with van der Waals surface area (Å²) in [6.07, 6.45) is -0.357. The average Bonchev–Trinajstić information content (AvgIpc) is 1.96. The molecule has 4 heteroatoms. The number of hydrazine groups is 1. The predicted octanol–water partition coefficient (Wildman–Crippen LogP) is -0.426. The van der Waals surface area contributed by atoms with E-state index in [2.05, 4.69) is 5.43 Å². The minimum atomic E-state index is -0.357. The van der Waals surface area contributed by atoms with Crippen LogP contribution in [0, 0.1) is 0 Å². The van der Waals surface area contributed by atoms with E-state index in [-0.39, 0.29) is 12.7 Å². The fourth-order valence-corrected chi connectivity index (χ4v) is 0.877. The highest BCUT2D eigenvalue weighted by Crippen LogP contribution is 1.92. The second-order valence-corrected chi connectivity index (χ2v) is 3.22. The molecule has 4 nitrogen and oxygen atoms in total. The molecule has 0 aromatic rings. The van der Waals surface area contributed by atoms with Crippen molar-refractivity contribution in [3.63, 3.8) is 0 Å². The highest BCUT2D eigenvalue weighted by Gasteiger charge is 2.07. The first-order valence-corrected chi connectivity index (χ1v) is 4.37. The molecule has 3 N–H and O–H groups in total. The first kappa shape index (κ1) is 11.8. The number of nitrogens with zero attached hydrogens (tertiary/aromatic N) is 1. The summed E-state index contributed by atoms with van der Waals surface area (Å²) in [5, 5.41) is 19.6. The van der Waals surface area contributed by atoms with Crippen LogP contribution in [0.5, 0.6) is 0 Å². The zero-order valence-corrected chi connectivity index (χ0v) is 8.12. The zero-order valence-electron chi connectivity index (χ0n) is 8.12. The number of hydrogen-bond acceptors (Lipinski definition) is 4. The summed E-state index contributed by atoms with van der Waals surface area (Å²) in [7, 11) is 0. The Kier molecular flexibility index (Phi) is 6.28. The summed E-state index contributed by atoms with van der Waals surface area (Å²) in [6.45, 7) is 7.04. The molecule has 0 radical (unpaired) electrons. The fraction of sp³-hybridized carbons (Fsp3) is 1.00. The Morgan fingerprint density at radius 3 is 2.25 bits per heavy atom. The molecule has 0 saturated carbocycles. The van der Waals surface area contributed by atoms with Crippen LogP contribution in [-0.2, 0) is 0 Å². The molecule has 0 aliphatic carbocycles. The molecule has 0 aliphatic heterocycles. The lowest BCUT2D eigenvalue weighted by atomic mass is 10.3. The van der Waals surface area contributed by atoms with E-state index >= 15 is 0 Å². The molecule has 12 heavy (non-hydrogen) atoms. The number of nitrogens with one attached hydrogen (secondary N) is 1. The third kappa shape index (κ3) is 5.49. The summed E-state index contributed by atoms with van der Waals surface area (Å²) in [4.78, 5) is 0. The maximum atomic E-state index is 9.00. The average molecular weight is 176 g/mol. The number of rotatable bonds is 6. The van der Waals surface area contributed by atoms with E-state index in [1.807, 2.05) is 18.9 Å². The van der Waals surface area contributed by atoms with Gasteiger partial charge >= 0.3 is 0 Å². The zero-order chi connectivity index (χ0) is 9.56. The number of aliphatic hydroxyl groups is 2. The van der Waals surface area contributed by atoms with Crippen molar-refractivity contribution in [2.45, 2.75) is 32.9 Å². The molecule has 1 atom stereocenters. The Morgan fingerprint density at radius 2 is 1.92 bits per heavy atom. The van der Waals surface area contributed by atoms with E-state index in [1.54, 1.807) is 6.92 Å². The van der Waals surface area contributed by atoms with Gasteiger partial charge in [0.2, 0.25) is 0 Å². The van der Waals surface area contributed by atoms with Gasteiger partial charge in [0.1, 0.15) is 0 Å². The Balaban J connectivity index is 3.63. The van der Waals surface area contributed by atoms with Gasteiger partial charge in [0.25, 0.3) is 0 Å². The summed E-state index contributed by atoms with van der Waals surface area (Å²) in [5.74, 6) is 0. The lowest BCUT2D eigenvalue weighted by molar-refractivity contribution is 0.0811. The van der Waals surface area contributed by atoms with Crippen LogP contribution < -0.4 is 5.43 Å². The van der Waals surface area contributed by atoms with Gasteiger partial charge in [-0.3, -0.25) is 5.43 Å². The van der Waals surface area contributed by atoms with E-state index in [0.29, 0.717) is 19.1 Å². The Hall–Kier alpha value is -0.160. The normalized spacial score (nSPS) is 14.2. The molecule has 0 aromatic carbocycles. The minimum Gasteiger partial charge on any atom is -0.395 e. The largest absolute Gasteiger partial charge is 0.395 e. The van der Waals surface area contributed by atoms with Crippen molar-refractivity contribution in [2.75, 3.05) is 19.7 Å². The summed E-state index contributed by atoms with van der Waals surface area (Å²) < 4.78 is 0. The van der Waals surface area contributed by atoms with Crippen LogP contribution in [0.2, 0.25) is 0 Å². The van der Waals surface area contributed by atoms with Gasteiger partial charge in [-0.15, -0.1) is 0 Å². The second-order valence-electron chi connectivity index (χ2n) is 3.22. The van der Waals surface area contributed by atoms with Crippen molar-refractivity contribution in [3.8, 4) is 0 Å². The predicted molar refractivity (Wildman–Crippen MR) is 48.6 cm³/mol. The van der Waals surface area contributed by atoms with Gasteiger partial charge in [0, 0.05) is 19.1 Å². The first-order valence-electron chi connectivity index (χ1n) is 4.37. The molecule has 0 bridgehead atoms. The Morgan fingerprint density at radius 1 is 1.33 bits per heavy atom. The molecular formula is C8H20N2O2. The maximum absolute atomic E-state index is 9.00. The summed E-state index contributed by atoms with van der Waals surface area (Å²) in [5.41, 5.74) is 3.04. The molecular weight excluding hydrogens is 156 g/mol. The van der Waals surface area contributed by atoms with E-state index in [0.717, 1.165) is 0 Å². The van der Waals surface area contributed by atoms with Crippen LogP contribution in [0.4, 0.5) is 0 Å². The minimum absolute atomic E-state index is 0.130. The molecule has 0 aromatic heterocycles. The Labute approximate surface area is 74.2 Å². The van der Waals surface area contributed by atoms with Crippen LogP contribution in [0.1, 0.15) is 20.8 Å². The quantitative estimate of drug-likeness (QED) is 0.481. The van der Waals surface area contributed by atoms with Gasteiger partial charge in [-0.1, -0.05) is 0 Å². The third-order valence-corrected chi connectivity index (χ3v) is 1.55. The molecule has 0 aliphatic rings. The van der Waals surface area contributed by atoms with Crippen molar-refractivity contribution >= 4 is 0 Å². The van der Waals surface area contributed by atoms with Gasteiger partial charge in [-0.2, -0.15) is 0 Å². The van der Waals surface area contributed by atoms with Crippen LogP contribution in [-0.4, -0.2) is 47.1 Å². The van der Waals surface area contributed by atoms with Crippen molar-refractivity contribution in [2.24, 2.45) is 0 Å². The standard InChI is InChI=1S/C8H20N2O2/c1-7(2)10(4-5-11)9-6-8(3)12/h7-9,11-12H,4-6H2,1-3H3. The molecule has 0 saturated heterocycles. The molecule has 0 fully saturated rings. The number of hydrogen-bond donors (Lipinski definition) is 3. The molecule has 0 spiro atoms. The lowest BCUT2D eigenvalue weighted by Gasteiger charge is -2.26. The monoisotopic (exact) mass is 176 g/mol. The van der Waals surface area contributed by atoms with Gasteiger partial charge < -0.3 is 10.2 Å². The van der Waals surface area contributed by atoms with Crippen molar-refractivity contribution < 1.29 is 10.2 Å². The van der Waals surface area contributed by atoms with Crippen LogP contribution in [0.15, 0.2) is 0 Å². The van der Waals surface area contributed by atoms with E-state index in [1.165, 1.54) is 0 Å². The third-order valence-electron chi connectivity index (χ3n) is 1.55. The second kappa shape index (κ2) is 6.37. The molecule has 0 amide bonds. The van der Waals surface area contributed by atoms with Gasteiger partial charge in [0.05, 0.1) is 12.7 Å². The molecule has 0 rings (SSSR count). The van der Waals surface area contributed by atoms with Crippen molar-refractivity contribution in [1.29, 1.82) is 0 Å². The fourth-order valence-electron chi connectivity index (χ4n) is 0.877. The highest BCUT2D eigenvalue weighted by molar-refractivity contribution is 4.58. The Bertz CT molecular complexity index is 107. The van der Waals surface area contributed by atoms with Gasteiger partial charge in [-0.25, -0.2) is 5.01 Å². The maximum Gasteiger partial charge on any atom is 0.0650 e. The van der Waals surface area contributed by atoms with Crippen molar-refractivity contribution in [1.82, 2.24) is 10.4 Å². The molecule has 0 heterocycles. The highest BCUT2D eigenvalue weighted by atomic mass is 16.3. The summed E-state index contributed by atoms with van der Waals surface area (Å²) >= 11 is 0. The lowest BCUT2D eigenvalue weighted by Crippen LogP contribution is -2.47. The van der Waals surface area contributed by atoms with E-state index in [4.69, 9.17) is 10.2 Å². The van der Waals surface area contributed by atoms with Crippen LogP contribution >= 0.6 is 0 Å². The summed E-state index contributed by atoms with van der Waals surface area (Å²) in [6, 6.07) is 0.330. The topological polar surface area (TPSA) is 55.7 Å². The van der Waals surface area contributed by atoms with Gasteiger partial charge in [-0.05, 0) is 20.8 Å².